The van der Waals surface area contributed by atoms with Crippen molar-refractivity contribution < 1.29 is 24.2 Å². The Morgan fingerprint density at radius 2 is 1.88 bits per heavy atom. The van der Waals surface area contributed by atoms with Crippen LogP contribution in [-0.4, -0.2) is 65.0 Å². The van der Waals surface area contributed by atoms with E-state index in [1.807, 2.05) is 6.92 Å². The van der Waals surface area contributed by atoms with E-state index >= 15 is 0 Å². The van der Waals surface area contributed by atoms with Gasteiger partial charge in [-0.25, -0.2) is 4.79 Å². The minimum absolute atomic E-state index is 0.0767. The van der Waals surface area contributed by atoms with Crippen molar-refractivity contribution >= 4 is 17.8 Å². The second-order valence-corrected chi connectivity index (χ2v) is 6.48. The maximum Gasteiger partial charge on any atom is 0.335 e. The molecule has 1 unspecified atom stereocenters. The third-order valence-electron chi connectivity index (χ3n) is 4.79. The summed E-state index contributed by atoms with van der Waals surface area (Å²) in [7, 11) is 0. The number of likely N-dealkylation sites (tertiary alicyclic amines) is 2. The summed E-state index contributed by atoms with van der Waals surface area (Å²) in [5.74, 6) is -0.275. The molecule has 0 aromatic heterocycles. The van der Waals surface area contributed by atoms with Crippen molar-refractivity contribution in [3.05, 3.63) is 29.8 Å². The van der Waals surface area contributed by atoms with Crippen LogP contribution in [0.4, 0.5) is 0 Å². The Bertz CT molecular complexity index is 667. The normalized spacial score (nSPS) is 21.0. The fraction of sp³-hybridized carbons (Fsp3) is 0.500. The van der Waals surface area contributed by atoms with E-state index < -0.39 is 5.97 Å². The van der Waals surface area contributed by atoms with Crippen molar-refractivity contribution in [1.29, 1.82) is 0 Å². The maximum atomic E-state index is 12.5. The summed E-state index contributed by atoms with van der Waals surface area (Å²) in [6.07, 6.45) is 0.980. The Balaban J connectivity index is 1.48. The van der Waals surface area contributed by atoms with E-state index in [4.69, 9.17) is 9.84 Å². The van der Waals surface area contributed by atoms with Crippen LogP contribution >= 0.6 is 0 Å². The highest BCUT2D eigenvalue weighted by Crippen LogP contribution is 2.24. The lowest BCUT2D eigenvalue weighted by Gasteiger charge is -2.42. The van der Waals surface area contributed by atoms with Gasteiger partial charge in [0.1, 0.15) is 11.9 Å². The second kappa shape index (κ2) is 7.13. The van der Waals surface area contributed by atoms with E-state index in [1.54, 1.807) is 21.9 Å². The van der Waals surface area contributed by atoms with Gasteiger partial charge in [-0.05, 0) is 37.6 Å². The molecule has 7 heteroatoms. The third kappa shape index (κ3) is 3.75. The smallest absolute Gasteiger partial charge is 0.335 e. The van der Waals surface area contributed by atoms with Gasteiger partial charge in [-0.3, -0.25) is 9.59 Å². The van der Waals surface area contributed by atoms with Crippen molar-refractivity contribution in [2.75, 3.05) is 26.2 Å². The fourth-order valence-corrected chi connectivity index (χ4v) is 3.24. The third-order valence-corrected chi connectivity index (χ3v) is 4.79. The number of hydrogen-bond acceptors (Lipinski definition) is 4. The molecule has 2 saturated heterocycles. The Morgan fingerprint density at radius 3 is 2.48 bits per heavy atom. The molecule has 1 atom stereocenters. The Hall–Kier alpha value is -2.57. The highest BCUT2D eigenvalue weighted by molar-refractivity contribution is 5.87. The van der Waals surface area contributed by atoms with Crippen LogP contribution in [0.3, 0.4) is 0 Å². The Labute approximate surface area is 146 Å². The summed E-state index contributed by atoms with van der Waals surface area (Å²) in [5.41, 5.74) is 0.213. The predicted octanol–water partition coefficient (Wildman–Crippen LogP) is 1.23. The molecule has 0 saturated carbocycles. The number of rotatable bonds is 5. The molecule has 7 nitrogen and oxygen atoms in total. The van der Waals surface area contributed by atoms with Crippen molar-refractivity contribution in [2.45, 2.75) is 25.9 Å². The van der Waals surface area contributed by atoms with Gasteiger partial charge >= 0.3 is 5.97 Å². The number of carboxylic acid groups (broad SMARTS) is 1. The van der Waals surface area contributed by atoms with E-state index in [0.29, 0.717) is 44.8 Å². The van der Waals surface area contributed by atoms with Crippen LogP contribution in [0.15, 0.2) is 24.3 Å². The molecule has 25 heavy (non-hydrogen) atoms. The standard InChI is InChI=1S/C18H22N2O5/c1-2-19-9-13(5-8-16(19)21)17(22)20-10-15(11-20)25-14-6-3-12(4-7-14)18(23)24/h3-4,6-7,13,15H,2,5,8-11H2,1H3,(H,23,24). The molecular weight excluding hydrogens is 324 g/mol. The van der Waals surface area contributed by atoms with Crippen molar-refractivity contribution in [2.24, 2.45) is 5.92 Å². The highest BCUT2D eigenvalue weighted by Gasteiger charge is 2.38. The van der Waals surface area contributed by atoms with Gasteiger partial charge in [0.25, 0.3) is 0 Å². The van der Waals surface area contributed by atoms with Gasteiger partial charge in [-0.1, -0.05) is 0 Å². The molecule has 2 amide bonds. The first-order chi connectivity index (χ1) is 12.0. The van der Waals surface area contributed by atoms with Crippen LogP contribution < -0.4 is 4.74 Å². The number of hydrogen-bond donors (Lipinski definition) is 1. The van der Waals surface area contributed by atoms with Crippen LogP contribution in [0, 0.1) is 5.92 Å². The lowest BCUT2D eigenvalue weighted by Crippen LogP contribution is -2.59. The Kier molecular flexibility index (Phi) is 4.92. The van der Waals surface area contributed by atoms with E-state index in [1.165, 1.54) is 12.1 Å². The number of carbonyl (C=O) groups excluding carboxylic acids is 2. The van der Waals surface area contributed by atoms with Crippen LogP contribution in [-0.2, 0) is 9.59 Å². The summed E-state index contributed by atoms with van der Waals surface area (Å²) in [6.45, 7) is 4.12. The molecular formula is C18H22N2O5. The molecule has 1 aromatic carbocycles. The number of ether oxygens (including phenoxy) is 1. The van der Waals surface area contributed by atoms with E-state index in [2.05, 4.69) is 0 Å². The number of benzene rings is 1. The molecule has 3 rings (SSSR count). The number of carboxylic acids is 1. The molecule has 134 valence electrons. The van der Waals surface area contributed by atoms with E-state index in [9.17, 15) is 14.4 Å². The molecule has 0 spiro atoms. The summed E-state index contributed by atoms with van der Waals surface area (Å²) in [4.78, 5) is 38.6. The van der Waals surface area contributed by atoms with E-state index in [-0.39, 0.29) is 29.4 Å². The van der Waals surface area contributed by atoms with Crippen molar-refractivity contribution in [3.63, 3.8) is 0 Å². The number of piperidine rings is 1. The van der Waals surface area contributed by atoms with Crippen LogP contribution in [0.5, 0.6) is 5.75 Å². The molecule has 2 fully saturated rings. The van der Waals surface area contributed by atoms with Gasteiger partial charge < -0.3 is 19.6 Å². The zero-order valence-electron chi connectivity index (χ0n) is 14.2. The molecule has 0 bridgehead atoms. The maximum absolute atomic E-state index is 12.5. The summed E-state index contributed by atoms with van der Waals surface area (Å²) >= 11 is 0. The van der Waals surface area contributed by atoms with Crippen molar-refractivity contribution in [3.8, 4) is 5.75 Å². The number of nitrogens with zero attached hydrogens (tertiary/aromatic N) is 2. The van der Waals surface area contributed by atoms with Crippen LogP contribution in [0.25, 0.3) is 0 Å². The van der Waals surface area contributed by atoms with Gasteiger partial charge in [0, 0.05) is 19.5 Å². The first-order valence-corrected chi connectivity index (χ1v) is 8.54. The lowest BCUT2D eigenvalue weighted by molar-refractivity contribution is -0.149. The minimum atomic E-state index is -0.973. The quantitative estimate of drug-likeness (QED) is 0.866. The molecule has 2 aliphatic rings. The minimum Gasteiger partial charge on any atom is -0.487 e. The SMILES string of the molecule is CCN1CC(C(=O)N2CC(Oc3ccc(C(=O)O)cc3)C2)CCC1=O. The zero-order valence-corrected chi connectivity index (χ0v) is 14.2. The van der Waals surface area contributed by atoms with Crippen LogP contribution in [0.2, 0.25) is 0 Å². The predicted molar refractivity (Wildman–Crippen MR) is 89.4 cm³/mol. The second-order valence-electron chi connectivity index (χ2n) is 6.48. The highest BCUT2D eigenvalue weighted by atomic mass is 16.5. The van der Waals surface area contributed by atoms with Crippen molar-refractivity contribution in [1.82, 2.24) is 9.80 Å². The summed E-state index contributed by atoms with van der Waals surface area (Å²) in [6, 6.07) is 6.24. The monoisotopic (exact) mass is 346 g/mol. The van der Waals surface area contributed by atoms with Gasteiger partial charge in [0.15, 0.2) is 0 Å². The van der Waals surface area contributed by atoms with E-state index in [0.717, 1.165) is 0 Å². The molecule has 0 aliphatic carbocycles. The average molecular weight is 346 g/mol. The largest absolute Gasteiger partial charge is 0.487 e. The van der Waals surface area contributed by atoms with Gasteiger partial charge in [-0.15, -0.1) is 0 Å². The molecule has 1 N–H and O–H groups in total. The first kappa shape index (κ1) is 17.3. The summed E-state index contributed by atoms with van der Waals surface area (Å²) in [5, 5.41) is 8.88. The van der Waals surface area contributed by atoms with Crippen LogP contribution in [0.1, 0.15) is 30.1 Å². The Morgan fingerprint density at radius 1 is 1.20 bits per heavy atom. The lowest BCUT2D eigenvalue weighted by atomic mass is 9.94. The number of amides is 2. The molecule has 0 radical (unpaired) electrons. The molecule has 1 aromatic rings. The number of aromatic carboxylic acids is 1. The first-order valence-electron chi connectivity index (χ1n) is 8.54. The summed E-state index contributed by atoms with van der Waals surface area (Å²) < 4.78 is 5.76. The average Bonchev–Trinajstić information content (AvgIpc) is 2.58. The molecule has 2 aliphatic heterocycles. The molecule has 2 heterocycles. The number of carbonyl (C=O) groups is 3. The van der Waals surface area contributed by atoms with Gasteiger partial charge in [0.2, 0.25) is 11.8 Å². The van der Waals surface area contributed by atoms with Gasteiger partial charge in [0.05, 0.1) is 24.6 Å². The fourth-order valence-electron chi connectivity index (χ4n) is 3.24. The van der Waals surface area contributed by atoms with Gasteiger partial charge in [-0.2, -0.15) is 0 Å². The zero-order chi connectivity index (χ0) is 18.0. The topological polar surface area (TPSA) is 87.2 Å².